The molecule has 2 aromatic carbocycles. The Balaban J connectivity index is 1.41. The lowest BCUT2D eigenvalue weighted by atomic mass is 10.1. The van der Waals surface area contributed by atoms with Crippen molar-refractivity contribution in [3.63, 3.8) is 0 Å². The lowest BCUT2D eigenvalue weighted by Gasteiger charge is -2.26. The molecule has 0 bridgehead atoms. The molecule has 1 fully saturated rings. The molecular formula is C27H30N4O4S. The predicted molar refractivity (Wildman–Crippen MR) is 141 cm³/mol. The van der Waals surface area contributed by atoms with Crippen LogP contribution in [-0.2, 0) is 6.42 Å². The smallest absolute Gasteiger partial charge is 0.257 e. The zero-order valence-corrected chi connectivity index (χ0v) is 21.6. The van der Waals surface area contributed by atoms with Gasteiger partial charge in [0.25, 0.3) is 11.8 Å². The van der Waals surface area contributed by atoms with Crippen molar-refractivity contribution in [2.75, 3.05) is 52.4 Å². The number of carbonyl (C=O) groups excluding carboxylic acids is 2. The fraction of sp³-hybridized carbons (Fsp3) is 0.333. The number of hydrogen-bond acceptors (Lipinski definition) is 7. The third-order valence-corrected chi connectivity index (χ3v) is 7.04. The first-order chi connectivity index (χ1) is 17.5. The SMILES string of the molecule is COc1ccc(CCN(C)C(=O)c2cccc(-c3ncc(C(=O)N4CCSCC4)cn3)c2)cc1OC. The minimum absolute atomic E-state index is 0.0399. The number of hydrogen-bond donors (Lipinski definition) is 0. The summed E-state index contributed by atoms with van der Waals surface area (Å²) >= 11 is 1.86. The molecule has 1 aliphatic rings. The molecule has 0 unspecified atom stereocenters. The minimum atomic E-state index is -0.0907. The van der Waals surface area contributed by atoms with Crippen molar-refractivity contribution >= 4 is 23.6 Å². The predicted octanol–water partition coefficient (Wildman–Crippen LogP) is 3.66. The lowest BCUT2D eigenvalue weighted by molar-refractivity contribution is 0.0769. The molecule has 4 rings (SSSR count). The number of aromatic nitrogens is 2. The molecule has 0 radical (unpaired) electrons. The van der Waals surface area contributed by atoms with Crippen LogP contribution in [0.3, 0.4) is 0 Å². The summed E-state index contributed by atoms with van der Waals surface area (Å²) in [7, 11) is 4.99. The van der Waals surface area contributed by atoms with Crippen LogP contribution in [0.4, 0.5) is 0 Å². The number of amides is 2. The Morgan fingerprint density at radius 3 is 2.39 bits per heavy atom. The first-order valence-corrected chi connectivity index (χ1v) is 12.9. The molecule has 3 aromatic rings. The molecule has 0 aliphatic carbocycles. The number of nitrogens with zero attached hydrogens (tertiary/aromatic N) is 4. The van der Waals surface area contributed by atoms with Crippen LogP contribution in [0.25, 0.3) is 11.4 Å². The van der Waals surface area contributed by atoms with Crippen molar-refractivity contribution in [1.29, 1.82) is 0 Å². The Labute approximate surface area is 215 Å². The Morgan fingerprint density at radius 2 is 1.69 bits per heavy atom. The zero-order chi connectivity index (χ0) is 25.5. The summed E-state index contributed by atoms with van der Waals surface area (Å²) < 4.78 is 10.7. The molecule has 2 heterocycles. The Bertz CT molecular complexity index is 1210. The van der Waals surface area contributed by atoms with Crippen molar-refractivity contribution in [3.8, 4) is 22.9 Å². The highest BCUT2D eigenvalue weighted by Gasteiger charge is 2.19. The van der Waals surface area contributed by atoms with Crippen molar-refractivity contribution in [2.24, 2.45) is 0 Å². The summed E-state index contributed by atoms with van der Waals surface area (Å²) in [5.41, 5.74) is 2.81. The van der Waals surface area contributed by atoms with E-state index in [1.54, 1.807) is 50.7 Å². The average molecular weight is 507 g/mol. The summed E-state index contributed by atoms with van der Waals surface area (Å²) in [5, 5.41) is 0. The van der Waals surface area contributed by atoms with Gasteiger partial charge in [0.1, 0.15) is 0 Å². The molecular weight excluding hydrogens is 476 g/mol. The molecule has 0 atom stereocenters. The zero-order valence-electron chi connectivity index (χ0n) is 20.8. The highest BCUT2D eigenvalue weighted by atomic mass is 32.2. The molecule has 1 saturated heterocycles. The van der Waals surface area contributed by atoms with Gasteiger partial charge in [0, 0.05) is 61.7 Å². The second kappa shape index (κ2) is 11.9. The van der Waals surface area contributed by atoms with Crippen molar-refractivity contribution in [2.45, 2.75) is 6.42 Å². The summed E-state index contributed by atoms with van der Waals surface area (Å²) in [6, 6.07) is 13.0. The highest BCUT2D eigenvalue weighted by Crippen LogP contribution is 2.28. The van der Waals surface area contributed by atoms with Crippen molar-refractivity contribution < 1.29 is 19.1 Å². The van der Waals surface area contributed by atoms with Gasteiger partial charge in [0.05, 0.1) is 19.8 Å². The number of methoxy groups -OCH3 is 2. The number of benzene rings is 2. The normalized spacial score (nSPS) is 13.2. The maximum absolute atomic E-state index is 13.1. The molecule has 0 N–H and O–H groups in total. The van der Waals surface area contributed by atoms with Crippen LogP contribution in [0, 0.1) is 0 Å². The first-order valence-electron chi connectivity index (χ1n) is 11.8. The van der Waals surface area contributed by atoms with Gasteiger partial charge >= 0.3 is 0 Å². The van der Waals surface area contributed by atoms with Crippen LogP contribution in [0.15, 0.2) is 54.9 Å². The monoisotopic (exact) mass is 506 g/mol. The van der Waals surface area contributed by atoms with E-state index in [-0.39, 0.29) is 11.8 Å². The molecule has 8 nitrogen and oxygen atoms in total. The van der Waals surface area contributed by atoms with E-state index in [1.807, 2.05) is 47.0 Å². The van der Waals surface area contributed by atoms with E-state index in [9.17, 15) is 9.59 Å². The second-order valence-corrected chi connectivity index (χ2v) is 9.67. The summed E-state index contributed by atoms with van der Waals surface area (Å²) in [4.78, 5) is 38.1. The van der Waals surface area contributed by atoms with E-state index in [1.165, 1.54) is 0 Å². The van der Waals surface area contributed by atoms with Crippen LogP contribution < -0.4 is 9.47 Å². The standard InChI is InChI=1S/C27H30N4O4S/c1-30(10-9-19-7-8-23(34-2)24(15-19)35-3)26(32)21-6-4-5-20(16-21)25-28-17-22(18-29-25)27(33)31-11-13-36-14-12-31/h4-8,15-18H,9-14H2,1-3H3. The van der Waals surface area contributed by atoms with Gasteiger partial charge in [-0.25, -0.2) is 9.97 Å². The molecule has 0 spiro atoms. The summed E-state index contributed by atoms with van der Waals surface area (Å²) in [5.74, 6) is 3.59. The first kappa shape index (κ1) is 25.5. The third kappa shape index (κ3) is 5.96. The van der Waals surface area contributed by atoms with Gasteiger partial charge in [-0.05, 0) is 36.2 Å². The van der Waals surface area contributed by atoms with E-state index < -0.39 is 0 Å². The Hall–Kier alpha value is -3.59. The minimum Gasteiger partial charge on any atom is -0.493 e. The fourth-order valence-electron chi connectivity index (χ4n) is 3.98. The number of rotatable bonds is 8. The summed E-state index contributed by atoms with van der Waals surface area (Å²) in [6.07, 6.45) is 3.81. The average Bonchev–Trinajstić information content (AvgIpc) is 2.95. The molecule has 36 heavy (non-hydrogen) atoms. The summed E-state index contributed by atoms with van der Waals surface area (Å²) in [6.45, 7) is 2.03. The van der Waals surface area contributed by atoms with Crippen LogP contribution in [-0.4, -0.2) is 84.0 Å². The number of likely N-dealkylation sites (N-methyl/N-ethyl adjacent to an activating group) is 1. The Kier molecular flexibility index (Phi) is 8.43. The second-order valence-electron chi connectivity index (χ2n) is 8.45. The van der Waals surface area contributed by atoms with Gasteiger partial charge in [-0.1, -0.05) is 18.2 Å². The van der Waals surface area contributed by atoms with E-state index in [4.69, 9.17) is 9.47 Å². The van der Waals surface area contributed by atoms with Crippen LogP contribution in [0.5, 0.6) is 11.5 Å². The maximum atomic E-state index is 13.1. The Morgan fingerprint density at radius 1 is 0.972 bits per heavy atom. The van der Waals surface area contributed by atoms with E-state index in [0.29, 0.717) is 41.4 Å². The third-order valence-electron chi connectivity index (χ3n) is 6.10. The number of carbonyl (C=O) groups is 2. The largest absolute Gasteiger partial charge is 0.493 e. The number of ether oxygens (including phenoxy) is 2. The molecule has 9 heteroatoms. The molecule has 1 aliphatic heterocycles. The molecule has 1 aromatic heterocycles. The highest BCUT2D eigenvalue weighted by molar-refractivity contribution is 7.99. The molecule has 0 saturated carbocycles. The van der Waals surface area contributed by atoms with Gasteiger partial charge in [-0.2, -0.15) is 11.8 Å². The van der Waals surface area contributed by atoms with E-state index >= 15 is 0 Å². The quantitative estimate of drug-likeness (QED) is 0.461. The van der Waals surface area contributed by atoms with Crippen LogP contribution >= 0.6 is 11.8 Å². The van der Waals surface area contributed by atoms with E-state index in [2.05, 4.69) is 9.97 Å². The van der Waals surface area contributed by atoms with Gasteiger partial charge in [-0.15, -0.1) is 0 Å². The van der Waals surface area contributed by atoms with Gasteiger partial charge in [0.2, 0.25) is 0 Å². The molecule has 2 amide bonds. The van der Waals surface area contributed by atoms with Crippen molar-refractivity contribution in [1.82, 2.24) is 19.8 Å². The number of thioether (sulfide) groups is 1. The van der Waals surface area contributed by atoms with Gasteiger partial charge < -0.3 is 19.3 Å². The fourth-order valence-corrected chi connectivity index (χ4v) is 4.89. The topological polar surface area (TPSA) is 84.9 Å². The van der Waals surface area contributed by atoms with Crippen LogP contribution in [0.2, 0.25) is 0 Å². The van der Waals surface area contributed by atoms with Crippen LogP contribution in [0.1, 0.15) is 26.3 Å². The van der Waals surface area contributed by atoms with Crippen molar-refractivity contribution in [3.05, 3.63) is 71.5 Å². The maximum Gasteiger partial charge on any atom is 0.257 e. The van der Waals surface area contributed by atoms with E-state index in [0.717, 1.165) is 35.7 Å². The lowest BCUT2D eigenvalue weighted by Crippen LogP contribution is -2.38. The van der Waals surface area contributed by atoms with Gasteiger partial charge in [-0.3, -0.25) is 9.59 Å². The van der Waals surface area contributed by atoms with Gasteiger partial charge in [0.15, 0.2) is 17.3 Å². The molecule has 188 valence electrons.